The van der Waals surface area contributed by atoms with Gasteiger partial charge in [0.15, 0.2) is 6.61 Å². The van der Waals surface area contributed by atoms with Gasteiger partial charge in [-0.1, -0.05) is 22.0 Å². The van der Waals surface area contributed by atoms with Crippen molar-refractivity contribution >= 4 is 45.6 Å². The molecule has 3 N–H and O–H groups in total. The quantitative estimate of drug-likeness (QED) is 0.325. The SMILES string of the molecule is CCNC(=O)C(=O)N/N=C\c1cc(Br)ccc1OCC(=O)Nc1cc(C)cc(C)c1. The summed E-state index contributed by atoms with van der Waals surface area (Å²) in [4.78, 5) is 35.2. The van der Waals surface area contributed by atoms with Crippen LogP contribution in [0.3, 0.4) is 0 Å². The van der Waals surface area contributed by atoms with E-state index in [0.717, 1.165) is 15.6 Å². The van der Waals surface area contributed by atoms with E-state index >= 15 is 0 Å². The van der Waals surface area contributed by atoms with E-state index in [1.54, 1.807) is 25.1 Å². The number of rotatable bonds is 7. The lowest BCUT2D eigenvalue weighted by Gasteiger charge is -2.11. The number of carbonyl (C=O) groups excluding carboxylic acids is 3. The Labute approximate surface area is 183 Å². The molecule has 0 saturated heterocycles. The molecule has 2 aromatic rings. The molecule has 0 spiro atoms. The Bertz CT molecular complexity index is 955. The summed E-state index contributed by atoms with van der Waals surface area (Å²) in [6.07, 6.45) is 1.33. The molecule has 0 aliphatic heterocycles. The van der Waals surface area contributed by atoms with Crippen molar-refractivity contribution in [2.24, 2.45) is 5.10 Å². The summed E-state index contributed by atoms with van der Waals surface area (Å²) in [5.74, 6) is -1.57. The molecule has 9 heteroatoms. The number of aryl methyl sites for hydroxylation is 2. The van der Waals surface area contributed by atoms with Gasteiger partial charge in [-0.3, -0.25) is 14.4 Å². The van der Waals surface area contributed by atoms with Gasteiger partial charge in [-0.15, -0.1) is 0 Å². The Balaban J connectivity index is 2.00. The molecule has 3 amide bonds. The minimum absolute atomic E-state index is 0.208. The summed E-state index contributed by atoms with van der Waals surface area (Å²) in [7, 11) is 0. The van der Waals surface area contributed by atoms with Crippen molar-refractivity contribution in [3.05, 3.63) is 57.6 Å². The van der Waals surface area contributed by atoms with Crippen molar-refractivity contribution in [1.29, 1.82) is 0 Å². The Morgan fingerprint density at radius 2 is 1.77 bits per heavy atom. The maximum atomic E-state index is 12.2. The maximum Gasteiger partial charge on any atom is 0.329 e. The standard InChI is InChI=1S/C21H23BrN4O4/c1-4-23-20(28)21(29)26-24-11-15-10-16(22)5-6-18(15)30-12-19(27)25-17-8-13(2)7-14(3)9-17/h5-11H,4,12H2,1-3H3,(H,23,28)(H,25,27)(H,26,29)/b24-11-. The highest BCUT2D eigenvalue weighted by atomic mass is 79.9. The Morgan fingerprint density at radius 3 is 2.43 bits per heavy atom. The van der Waals surface area contributed by atoms with Crippen LogP contribution in [0.4, 0.5) is 5.69 Å². The minimum atomic E-state index is -0.876. The lowest BCUT2D eigenvalue weighted by molar-refractivity contribution is -0.139. The van der Waals surface area contributed by atoms with Gasteiger partial charge >= 0.3 is 11.8 Å². The summed E-state index contributed by atoms with van der Waals surface area (Å²) in [5.41, 5.74) is 5.45. The van der Waals surface area contributed by atoms with Crippen LogP contribution >= 0.6 is 15.9 Å². The summed E-state index contributed by atoms with van der Waals surface area (Å²) in [6.45, 7) is 5.74. The zero-order valence-corrected chi connectivity index (χ0v) is 18.5. The molecular formula is C21H23BrN4O4. The van der Waals surface area contributed by atoms with Crippen molar-refractivity contribution in [2.75, 3.05) is 18.5 Å². The molecule has 2 aromatic carbocycles. The van der Waals surface area contributed by atoms with Gasteiger partial charge in [0.05, 0.1) is 6.21 Å². The Hall–Kier alpha value is -3.20. The second-order valence-electron chi connectivity index (χ2n) is 6.45. The van der Waals surface area contributed by atoms with E-state index in [-0.39, 0.29) is 12.5 Å². The number of halogens is 1. The maximum absolute atomic E-state index is 12.2. The molecule has 8 nitrogen and oxygen atoms in total. The van der Waals surface area contributed by atoms with Gasteiger partial charge in [-0.2, -0.15) is 5.10 Å². The number of carbonyl (C=O) groups is 3. The predicted molar refractivity (Wildman–Crippen MR) is 119 cm³/mol. The van der Waals surface area contributed by atoms with Gasteiger partial charge in [0.2, 0.25) is 0 Å². The van der Waals surface area contributed by atoms with Gasteiger partial charge < -0.3 is 15.4 Å². The van der Waals surface area contributed by atoms with E-state index in [1.165, 1.54) is 6.21 Å². The van der Waals surface area contributed by atoms with Crippen LogP contribution in [0, 0.1) is 13.8 Å². The van der Waals surface area contributed by atoms with Gasteiger partial charge in [-0.25, -0.2) is 5.43 Å². The van der Waals surface area contributed by atoms with E-state index in [0.29, 0.717) is 23.5 Å². The van der Waals surface area contributed by atoms with E-state index < -0.39 is 11.8 Å². The zero-order valence-electron chi connectivity index (χ0n) is 16.9. The molecule has 0 aliphatic carbocycles. The normalized spacial score (nSPS) is 10.5. The average Bonchev–Trinajstić information content (AvgIpc) is 2.66. The second-order valence-corrected chi connectivity index (χ2v) is 7.37. The topological polar surface area (TPSA) is 109 Å². The zero-order chi connectivity index (χ0) is 22.1. The fourth-order valence-electron chi connectivity index (χ4n) is 2.59. The number of nitrogens with zero attached hydrogens (tertiary/aromatic N) is 1. The molecule has 0 aliphatic rings. The van der Waals surface area contributed by atoms with Gasteiger partial charge in [0.1, 0.15) is 5.75 Å². The molecule has 30 heavy (non-hydrogen) atoms. The second kappa shape index (κ2) is 11.1. The van der Waals surface area contributed by atoms with Crippen LogP contribution in [-0.4, -0.2) is 37.1 Å². The van der Waals surface area contributed by atoms with Crippen LogP contribution in [-0.2, 0) is 14.4 Å². The Kier molecular flexibility index (Phi) is 8.54. The van der Waals surface area contributed by atoms with Crippen molar-refractivity contribution < 1.29 is 19.1 Å². The molecule has 0 heterocycles. The monoisotopic (exact) mass is 474 g/mol. The molecule has 158 valence electrons. The largest absolute Gasteiger partial charge is 0.483 e. The number of nitrogens with one attached hydrogen (secondary N) is 3. The number of likely N-dealkylation sites (N-methyl/N-ethyl adjacent to an activating group) is 1. The predicted octanol–water partition coefficient (Wildman–Crippen LogP) is 2.67. The third kappa shape index (κ3) is 7.32. The van der Waals surface area contributed by atoms with Crippen molar-refractivity contribution in [3.63, 3.8) is 0 Å². The van der Waals surface area contributed by atoms with Gasteiger partial charge in [-0.05, 0) is 62.2 Å². The van der Waals surface area contributed by atoms with Crippen LogP contribution in [0.25, 0.3) is 0 Å². The first-order chi connectivity index (χ1) is 14.3. The molecule has 0 bridgehead atoms. The first-order valence-corrected chi connectivity index (χ1v) is 9.99. The van der Waals surface area contributed by atoms with Gasteiger partial charge in [0.25, 0.3) is 5.91 Å². The van der Waals surface area contributed by atoms with Crippen LogP contribution in [0.1, 0.15) is 23.6 Å². The fourth-order valence-corrected chi connectivity index (χ4v) is 2.97. The summed E-state index contributed by atoms with van der Waals surface area (Å²) in [6, 6.07) is 10.9. The smallest absolute Gasteiger partial charge is 0.329 e. The number of ether oxygens (including phenoxy) is 1. The third-order valence-electron chi connectivity index (χ3n) is 3.75. The highest BCUT2D eigenvalue weighted by molar-refractivity contribution is 9.10. The van der Waals surface area contributed by atoms with Crippen molar-refractivity contribution in [3.8, 4) is 5.75 Å². The molecule has 0 saturated carbocycles. The van der Waals surface area contributed by atoms with E-state index in [1.807, 2.05) is 32.0 Å². The first kappa shape index (κ1) is 23.1. The molecule has 2 rings (SSSR count). The van der Waals surface area contributed by atoms with E-state index in [4.69, 9.17) is 4.74 Å². The molecular weight excluding hydrogens is 452 g/mol. The Morgan fingerprint density at radius 1 is 1.07 bits per heavy atom. The van der Waals surface area contributed by atoms with E-state index in [2.05, 4.69) is 37.1 Å². The number of amides is 3. The molecule has 0 fully saturated rings. The summed E-state index contributed by atoms with van der Waals surface area (Å²) >= 11 is 3.35. The molecule has 0 radical (unpaired) electrons. The summed E-state index contributed by atoms with van der Waals surface area (Å²) in [5, 5.41) is 8.95. The van der Waals surface area contributed by atoms with Crippen LogP contribution in [0.15, 0.2) is 46.0 Å². The minimum Gasteiger partial charge on any atom is -0.483 e. The van der Waals surface area contributed by atoms with Crippen LogP contribution < -0.4 is 20.8 Å². The highest BCUT2D eigenvalue weighted by Gasteiger charge is 2.11. The number of hydrogen-bond donors (Lipinski definition) is 3. The van der Waals surface area contributed by atoms with Crippen LogP contribution in [0.2, 0.25) is 0 Å². The number of hydrogen-bond acceptors (Lipinski definition) is 5. The summed E-state index contributed by atoms with van der Waals surface area (Å²) < 4.78 is 6.37. The molecule has 0 aromatic heterocycles. The lowest BCUT2D eigenvalue weighted by atomic mass is 10.1. The molecule has 0 atom stereocenters. The highest BCUT2D eigenvalue weighted by Crippen LogP contribution is 2.22. The lowest BCUT2D eigenvalue weighted by Crippen LogP contribution is -2.37. The van der Waals surface area contributed by atoms with Crippen LogP contribution in [0.5, 0.6) is 5.75 Å². The van der Waals surface area contributed by atoms with E-state index in [9.17, 15) is 14.4 Å². The third-order valence-corrected chi connectivity index (χ3v) is 4.24. The number of hydrazone groups is 1. The van der Waals surface area contributed by atoms with Crippen molar-refractivity contribution in [1.82, 2.24) is 10.7 Å². The van der Waals surface area contributed by atoms with Gasteiger partial charge in [0, 0.05) is 22.3 Å². The number of benzene rings is 2. The van der Waals surface area contributed by atoms with Crippen molar-refractivity contribution in [2.45, 2.75) is 20.8 Å². The number of anilines is 1. The molecule has 0 unspecified atom stereocenters. The fraction of sp³-hybridized carbons (Fsp3) is 0.238. The first-order valence-electron chi connectivity index (χ1n) is 9.20. The average molecular weight is 475 g/mol.